The summed E-state index contributed by atoms with van der Waals surface area (Å²) in [6, 6.07) is 10.1. The lowest BCUT2D eigenvalue weighted by Gasteiger charge is -2.25. The maximum atomic E-state index is 12.6. The van der Waals surface area contributed by atoms with Crippen LogP contribution in [0.5, 0.6) is 0 Å². The van der Waals surface area contributed by atoms with Gasteiger partial charge >= 0.3 is 0 Å². The zero-order chi connectivity index (χ0) is 14.1. The highest BCUT2D eigenvalue weighted by Gasteiger charge is 2.32. The van der Waals surface area contributed by atoms with Crippen molar-refractivity contribution in [3.05, 3.63) is 52.9 Å². The van der Waals surface area contributed by atoms with E-state index in [1.165, 1.54) is 11.1 Å². The third kappa shape index (κ3) is 2.22. The van der Waals surface area contributed by atoms with Crippen LogP contribution in [0.3, 0.4) is 0 Å². The van der Waals surface area contributed by atoms with E-state index < -0.39 is 0 Å². The molecule has 1 aliphatic rings. The molecule has 0 radical (unpaired) electrons. The Bertz CT molecular complexity index is 633. The molecule has 1 aromatic heterocycles. The van der Waals surface area contributed by atoms with Gasteiger partial charge in [0.15, 0.2) is 5.69 Å². The van der Waals surface area contributed by atoms with Gasteiger partial charge in [-0.15, -0.1) is 0 Å². The van der Waals surface area contributed by atoms with Gasteiger partial charge in [0.2, 0.25) is 0 Å². The van der Waals surface area contributed by atoms with Crippen molar-refractivity contribution in [2.45, 2.75) is 32.7 Å². The largest absolute Gasteiger partial charge is 0.361 e. The second-order valence-corrected chi connectivity index (χ2v) is 5.34. The first kappa shape index (κ1) is 12.9. The minimum absolute atomic E-state index is 0.0346. The minimum Gasteiger partial charge on any atom is -0.361 e. The molecule has 1 fully saturated rings. The van der Waals surface area contributed by atoms with Gasteiger partial charge in [-0.2, -0.15) is 0 Å². The Balaban J connectivity index is 1.90. The standard InChI is InChI=1S/C16H18N2O2/c1-11-6-3-4-7-13(11)15-8-5-9-18(15)16(19)14-10-12(2)20-17-14/h3-4,6-7,10,15H,5,8-9H2,1-2H3/t15-/m0/s1. The van der Waals surface area contributed by atoms with Crippen LogP contribution < -0.4 is 0 Å². The van der Waals surface area contributed by atoms with E-state index in [4.69, 9.17) is 4.52 Å². The monoisotopic (exact) mass is 270 g/mol. The van der Waals surface area contributed by atoms with Crippen molar-refractivity contribution >= 4 is 5.91 Å². The number of rotatable bonds is 2. The number of nitrogens with zero attached hydrogens (tertiary/aromatic N) is 2. The summed E-state index contributed by atoms with van der Waals surface area (Å²) in [7, 11) is 0. The molecule has 1 aliphatic heterocycles. The fourth-order valence-electron chi connectivity index (χ4n) is 2.91. The first-order chi connectivity index (χ1) is 9.66. The molecule has 0 spiro atoms. The van der Waals surface area contributed by atoms with Crippen LogP contribution in [-0.2, 0) is 0 Å². The van der Waals surface area contributed by atoms with Crippen molar-refractivity contribution in [2.75, 3.05) is 6.54 Å². The van der Waals surface area contributed by atoms with Gasteiger partial charge in [0.05, 0.1) is 6.04 Å². The summed E-state index contributed by atoms with van der Waals surface area (Å²) in [5, 5.41) is 3.84. The van der Waals surface area contributed by atoms with E-state index in [9.17, 15) is 4.79 Å². The molecule has 2 aromatic rings. The van der Waals surface area contributed by atoms with Gasteiger partial charge in [0.25, 0.3) is 5.91 Å². The fraction of sp³-hybridized carbons (Fsp3) is 0.375. The van der Waals surface area contributed by atoms with Gasteiger partial charge in [-0.05, 0) is 37.8 Å². The number of aromatic nitrogens is 1. The van der Waals surface area contributed by atoms with Crippen LogP contribution in [-0.4, -0.2) is 22.5 Å². The summed E-state index contributed by atoms with van der Waals surface area (Å²) in [5.41, 5.74) is 2.87. The Morgan fingerprint density at radius 1 is 1.35 bits per heavy atom. The zero-order valence-corrected chi connectivity index (χ0v) is 11.8. The SMILES string of the molecule is Cc1cc(C(=O)N2CCC[C@H]2c2ccccc2C)no1. The lowest BCUT2D eigenvalue weighted by Crippen LogP contribution is -2.31. The average Bonchev–Trinajstić information content (AvgIpc) is 3.07. The summed E-state index contributed by atoms with van der Waals surface area (Å²) in [5.74, 6) is 0.632. The molecular weight excluding hydrogens is 252 g/mol. The van der Waals surface area contributed by atoms with E-state index >= 15 is 0 Å². The average molecular weight is 270 g/mol. The number of hydrogen-bond donors (Lipinski definition) is 0. The highest BCUT2D eigenvalue weighted by atomic mass is 16.5. The van der Waals surface area contributed by atoms with Gasteiger partial charge in [0, 0.05) is 12.6 Å². The summed E-state index contributed by atoms with van der Waals surface area (Å²) in [4.78, 5) is 14.5. The van der Waals surface area contributed by atoms with Crippen molar-refractivity contribution in [1.82, 2.24) is 10.1 Å². The highest BCUT2D eigenvalue weighted by Crippen LogP contribution is 2.34. The van der Waals surface area contributed by atoms with E-state index in [1.807, 2.05) is 17.0 Å². The highest BCUT2D eigenvalue weighted by molar-refractivity contribution is 5.92. The number of benzene rings is 1. The van der Waals surface area contributed by atoms with E-state index in [-0.39, 0.29) is 11.9 Å². The maximum Gasteiger partial charge on any atom is 0.276 e. The van der Waals surface area contributed by atoms with Crippen molar-refractivity contribution < 1.29 is 9.32 Å². The summed E-state index contributed by atoms with van der Waals surface area (Å²) >= 11 is 0. The molecule has 4 heteroatoms. The minimum atomic E-state index is -0.0346. The molecule has 20 heavy (non-hydrogen) atoms. The number of hydrogen-bond acceptors (Lipinski definition) is 3. The number of carbonyl (C=O) groups is 1. The molecule has 2 heterocycles. The zero-order valence-electron chi connectivity index (χ0n) is 11.8. The number of aryl methyl sites for hydroxylation is 2. The molecule has 1 saturated heterocycles. The van der Waals surface area contributed by atoms with Crippen LogP contribution in [0, 0.1) is 13.8 Å². The lowest BCUT2D eigenvalue weighted by atomic mass is 9.99. The van der Waals surface area contributed by atoms with Crippen LogP contribution in [0.2, 0.25) is 0 Å². The Kier molecular flexibility index (Phi) is 3.30. The molecule has 104 valence electrons. The van der Waals surface area contributed by atoms with Crippen LogP contribution >= 0.6 is 0 Å². The number of likely N-dealkylation sites (tertiary alicyclic amines) is 1. The van der Waals surface area contributed by atoms with Crippen LogP contribution in [0.15, 0.2) is 34.9 Å². The molecule has 1 atom stereocenters. The number of amides is 1. The Labute approximate surface area is 118 Å². The summed E-state index contributed by atoms with van der Waals surface area (Å²) < 4.78 is 5.01. The third-order valence-electron chi connectivity index (χ3n) is 3.91. The fourth-order valence-corrected chi connectivity index (χ4v) is 2.91. The molecule has 1 amide bonds. The summed E-state index contributed by atoms with van der Waals surface area (Å²) in [6.07, 6.45) is 2.04. The predicted octanol–water partition coefficient (Wildman–Crippen LogP) is 3.27. The predicted molar refractivity (Wildman–Crippen MR) is 75.4 cm³/mol. The van der Waals surface area contributed by atoms with Gasteiger partial charge in [-0.1, -0.05) is 29.4 Å². The van der Waals surface area contributed by atoms with Crippen LogP contribution in [0.4, 0.5) is 0 Å². The Hall–Kier alpha value is -2.10. The second kappa shape index (κ2) is 5.12. The van der Waals surface area contributed by atoms with Gasteiger partial charge in [0.1, 0.15) is 5.76 Å². The topological polar surface area (TPSA) is 46.3 Å². The molecule has 0 aliphatic carbocycles. The van der Waals surface area contributed by atoms with Gasteiger partial charge in [-0.25, -0.2) is 0 Å². The molecule has 0 bridgehead atoms. The van der Waals surface area contributed by atoms with E-state index in [1.54, 1.807) is 13.0 Å². The lowest BCUT2D eigenvalue weighted by molar-refractivity contribution is 0.0725. The van der Waals surface area contributed by atoms with Gasteiger partial charge in [-0.3, -0.25) is 4.79 Å². The maximum absolute atomic E-state index is 12.6. The molecular formula is C16H18N2O2. The van der Waals surface area contributed by atoms with Crippen molar-refractivity contribution in [3.63, 3.8) is 0 Å². The van der Waals surface area contributed by atoms with Crippen LogP contribution in [0.1, 0.15) is 46.3 Å². The second-order valence-electron chi connectivity index (χ2n) is 5.34. The molecule has 4 nitrogen and oxygen atoms in total. The van der Waals surface area contributed by atoms with Crippen molar-refractivity contribution in [1.29, 1.82) is 0 Å². The smallest absolute Gasteiger partial charge is 0.276 e. The van der Waals surface area contributed by atoms with Crippen LogP contribution in [0.25, 0.3) is 0 Å². The Morgan fingerprint density at radius 2 is 2.15 bits per heavy atom. The molecule has 3 rings (SSSR count). The van der Waals surface area contributed by atoms with Gasteiger partial charge < -0.3 is 9.42 Å². The normalized spacial score (nSPS) is 18.5. The van der Waals surface area contributed by atoms with E-state index in [0.29, 0.717) is 11.5 Å². The quantitative estimate of drug-likeness (QED) is 0.841. The number of carbonyl (C=O) groups excluding carboxylic acids is 1. The van der Waals surface area contributed by atoms with Crippen molar-refractivity contribution in [2.24, 2.45) is 0 Å². The van der Waals surface area contributed by atoms with E-state index in [0.717, 1.165) is 19.4 Å². The first-order valence-electron chi connectivity index (χ1n) is 6.96. The molecule has 0 saturated carbocycles. The molecule has 0 N–H and O–H groups in total. The Morgan fingerprint density at radius 3 is 2.85 bits per heavy atom. The van der Waals surface area contributed by atoms with E-state index in [2.05, 4.69) is 24.2 Å². The van der Waals surface area contributed by atoms with Crippen molar-refractivity contribution in [3.8, 4) is 0 Å². The molecule has 1 aromatic carbocycles. The summed E-state index contributed by atoms with van der Waals surface area (Å²) in [6.45, 7) is 4.67. The third-order valence-corrected chi connectivity index (χ3v) is 3.91. The first-order valence-corrected chi connectivity index (χ1v) is 6.96. The molecule has 0 unspecified atom stereocenters.